The Morgan fingerprint density at radius 1 is 1.38 bits per heavy atom. The van der Waals surface area contributed by atoms with Gasteiger partial charge in [-0.15, -0.1) is 11.3 Å². The lowest BCUT2D eigenvalue weighted by Crippen LogP contribution is -2.20. The number of aryl methyl sites for hydroxylation is 1. The zero-order valence-electron chi connectivity index (χ0n) is 11.6. The number of nitrogens with one attached hydrogen (secondary N) is 1. The van der Waals surface area contributed by atoms with Crippen LogP contribution in [0.25, 0.3) is 10.8 Å². The van der Waals surface area contributed by atoms with Gasteiger partial charge < -0.3 is 14.8 Å². The summed E-state index contributed by atoms with van der Waals surface area (Å²) in [6.07, 6.45) is 1.39. The zero-order valence-corrected chi connectivity index (χ0v) is 13.2. The van der Waals surface area contributed by atoms with Crippen LogP contribution in [-0.4, -0.2) is 16.6 Å². The zero-order chi connectivity index (χ0) is 14.7. The monoisotopic (exact) mass is 320 g/mol. The van der Waals surface area contributed by atoms with E-state index in [1.54, 1.807) is 22.7 Å². The van der Waals surface area contributed by atoms with Crippen molar-refractivity contribution >= 4 is 22.7 Å². The summed E-state index contributed by atoms with van der Waals surface area (Å²) in [5.74, 6) is 1.70. The molecule has 4 nitrogen and oxygen atoms in total. The van der Waals surface area contributed by atoms with Crippen molar-refractivity contribution in [1.82, 2.24) is 10.3 Å². The second-order valence-corrected chi connectivity index (χ2v) is 6.64. The van der Waals surface area contributed by atoms with Crippen LogP contribution in [0, 0.1) is 6.92 Å². The molecule has 1 atom stereocenters. The highest BCUT2D eigenvalue weighted by molar-refractivity contribution is 7.14. The molecule has 0 saturated heterocycles. The van der Waals surface area contributed by atoms with Crippen LogP contribution in [0.15, 0.2) is 39.6 Å². The minimum Gasteiger partial charge on any atom is -0.459 e. The largest absolute Gasteiger partial charge is 0.459 e. The Bertz CT molecular complexity index is 688. The van der Waals surface area contributed by atoms with Crippen molar-refractivity contribution in [1.29, 1.82) is 0 Å². The number of aliphatic hydroxyl groups is 1. The summed E-state index contributed by atoms with van der Waals surface area (Å²) in [7, 11) is 0. The Morgan fingerprint density at radius 2 is 2.29 bits per heavy atom. The predicted molar refractivity (Wildman–Crippen MR) is 85.5 cm³/mol. The van der Waals surface area contributed by atoms with Crippen LogP contribution in [0.5, 0.6) is 0 Å². The van der Waals surface area contributed by atoms with Gasteiger partial charge in [0.25, 0.3) is 0 Å². The highest BCUT2D eigenvalue weighted by Crippen LogP contribution is 2.26. The first-order valence-corrected chi connectivity index (χ1v) is 8.40. The van der Waals surface area contributed by atoms with Crippen LogP contribution in [0.3, 0.4) is 0 Å². The van der Waals surface area contributed by atoms with Crippen molar-refractivity contribution in [3.8, 4) is 10.8 Å². The number of furan rings is 1. The van der Waals surface area contributed by atoms with Crippen LogP contribution >= 0.6 is 22.7 Å². The molecule has 0 radical (unpaired) electrons. The molecule has 2 N–H and O–H groups in total. The number of aliphatic hydroxyl groups excluding tert-OH is 1. The molecule has 0 aromatic carbocycles. The van der Waals surface area contributed by atoms with E-state index in [0.717, 1.165) is 27.0 Å². The summed E-state index contributed by atoms with van der Waals surface area (Å²) in [6, 6.07) is 5.82. The van der Waals surface area contributed by atoms with Crippen molar-refractivity contribution in [2.75, 3.05) is 6.54 Å². The van der Waals surface area contributed by atoms with Gasteiger partial charge in [0.1, 0.15) is 5.76 Å². The lowest BCUT2D eigenvalue weighted by Gasteiger charge is -2.09. The molecule has 0 amide bonds. The van der Waals surface area contributed by atoms with E-state index in [-0.39, 0.29) is 0 Å². The number of aromatic nitrogens is 1. The molecule has 0 fully saturated rings. The molecule has 110 valence electrons. The van der Waals surface area contributed by atoms with Crippen LogP contribution < -0.4 is 5.32 Å². The van der Waals surface area contributed by atoms with Gasteiger partial charge in [-0.3, -0.25) is 0 Å². The maximum absolute atomic E-state index is 9.99. The Hall–Kier alpha value is -1.47. The van der Waals surface area contributed by atoms with Crippen LogP contribution in [0.2, 0.25) is 0 Å². The molecule has 0 bridgehead atoms. The number of thiophene rings is 1. The SMILES string of the molecule is Cc1ccc(-c2ncc(CNCC(O)c3ccsc3)s2)o1. The van der Waals surface area contributed by atoms with E-state index in [0.29, 0.717) is 13.1 Å². The van der Waals surface area contributed by atoms with Crippen molar-refractivity contribution < 1.29 is 9.52 Å². The number of hydrogen-bond donors (Lipinski definition) is 2. The molecule has 3 aromatic heterocycles. The molecular weight excluding hydrogens is 304 g/mol. The van der Waals surface area contributed by atoms with Crippen molar-refractivity contribution in [3.63, 3.8) is 0 Å². The summed E-state index contributed by atoms with van der Waals surface area (Å²) in [6.45, 7) is 3.15. The molecule has 3 aromatic rings. The summed E-state index contributed by atoms with van der Waals surface area (Å²) < 4.78 is 5.56. The molecule has 3 heterocycles. The molecule has 3 rings (SSSR count). The fourth-order valence-corrected chi connectivity index (χ4v) is 3.52. The molecule has 0 aliphatic carbocycles. The Kier molecular flexibility index (Phi) is 4.50. The normalized spacial score (nSPS) is 12.7. The third kappa shape index (κ3) is 3.59. The first kappa shape index (κ1) is 14.5. The highest BCUT2D eigenvalue weighted by Gasteiger charge is 2.10. The Morgan fingerprint density at radius 3 is 3.00 bits per heavy atom. The molecule has 0 aliphatic heterocycles. The molecular formula is C15H16N2O2S2. The molecule has 21 heavy (non-hydrogen) atoms. The fourth-order valence-electron chi connectivity index (χ4n) is 1.97. The third-order valence-electron chi connectivity index (χ3n) is 3.07. The van der Waals surface area contributed by atoms with E-state index in [2.05, 4.69) is 10.3 Å². The van der Waals surface area contributed by atoms with E-state index < -0.39 is 6.10 Å². The lowest BCUT2D eigenvalue weighted by atomic mass is 10.2. The van der Waals surface area contributed by atoms with E-state index in [9.17, 15) is 5.11 Å². The Labute approximate surface area is 131 Å². The van der Waals surface area contributed by atoms with E-state index in [4.69, 9.17) is 4.42 Å². The van der Waals surface area contributed by atoms with Crippen molar-refractivity contribution in [2.45, 2.75) is 19.6 Å². The minimum absolute atomic E-state index is 0.462. The third-order valence-corrected chi connectivity index (χ3v) is 4.78. The van der Waals surface area contributed by atoms with Gasteiger partial charge >= 0.3 is 0 Å². The summed E-state index contributed by atoms with van der Waals surface area (Å²) in [4.78, 5) is 5.49. The van der Waals surface area contributed by atoms with E-state index >= 15 is 0 Å². The lowest BCUT2D eigenvalue weighted by molar-refractivity contribution is 0.175. The first-order chi connectivity index (χ1) is 10.2. The van der Waals surface area contributed by atoms with Gasteiger partial charge in [-0.25, -0.2) is 4.98 Å². The molecule has 0 spiro atoms. The van der Waals surface area contributed by atoms with Gasteiger partial charge in [0.15, 0.2) is 10.8 Å². The predicted octanol–water partition coefficient (Wildman–Crippen LogP) is 3.60. The topological polar surface area (TPSA) is 58.3 Å². The fraction of sp³-hybridized carbons (Fsp3) is 0.267. The van der Waals surface area contributed by atoms with Gasteiger partial charge in [0, 0.05) is 24.2 Å². The highest BCUT2D eigenvalue weighted by atomic mass is 32.1. The smallest absolute Gasteiger partial charge is 0.162 e. The summed E-state index contributed by atoms with van der Waals surface area (Å²) in [5.41, 5.74) is 0.962. The van der Waals surface area contributed by atoms with Crippen molar-refractivity contribution in [3.05, 3.63) is 51.4 Å². The molecule has 0 saturated carbocycles. The second-order valence-electron chi connectivity index (χ2n) is 4.75. The average molecular weight is 320 g/mol. The molecule has 1 unspecified atom stereocenters. The average Bonchev–Trinajstić information content (AvgIpc) is 3.19. The van der Waals surface area contributed by atoms with Gasteiger partial charge in [0.05, 0.1) is 6.10 Å². The first-order valence-electron chi connectivity index (χ1n) is 6.65. The maximum Gasteiger partial charge on any atom is 0.162 e. The van der Waals surface area contributed by atoms with E-state index in [1.165, 1.54) is 0 Å². The van der Waals surface area contributed by atoms with Crippen molar-refractivity contribution in [2.24, 2.45) is 0 Å². The Balaban J connectivity index is 1.53. The number of rotatable bonds is 6. The number of hydrogen-bond acceptors (Lipinski definition) is 6. The van der Waals surface area contributed by atoms with Gasteiger partial charge in [-0.05, 0) is 41.4 Å². The number of nitrogens with zero attached hydrogens (tertiary/aromatic N) is 1. The maximum atomic E-state index is 9.99. The second kappa shape index (κ2) is 6.53. The summed E-state index contributed by atoms with van der Waals surface area (Å²) >= 11 is 3.20. The van der Waals surface area contributed by atoms with Crippen LogP contribution in [-0.2, 0) is 6.54 Å². The van der Waals surface area contributed by atoms with Gasteiger partial charge in [0.2, 0.25) is 0 Å². The van der Waals surface area contributed by atoms with Crippen LogP contribution in [0.1, 0.15) is 22.3 Å². The standard InChI is InChI=1S/C15H16N2O2S2/c1-10-2-3-14(19-10)15-17-7-12(21-15)6-16-8-13(18)11-4-5-20-9-11/h2-5,7,9,13,16,18H,6,8H2,1H3. The number of thiazole rings is 1. The molecule has 6 heteroatoms. The minimum atomic E-state index is -0.462. The summed E-state index contributed by atoms with van der Waals surface area (Å²) in [5, 5.41) is 18.1. The van der Waals surface area contributed by atoms with Gasteiger partial charge in [-0.1, -0.05) is 0 Å². The molecule has 0 aliphatic rings. The van der Waals surface area contributed by atoms with Gasteiger partial charge in [-0.2, -0.15) is 11.3 Å². The van der Waals surface area contributed by atoms with Crippen LogP contribution in [0.4, 0.5) is 0 Å². The van der Waals surface area contributed by atoms with E-state index in [1.807, 2.05) is 42.1 Å². The quantitative estimate of drug-likeness (QED) is 0.728.